The van der Waals surface area contributed by atoms with Gasteiger partial charge in [-0.25, -0.2) is 4.79 Å². The zero-order valence-electron chi connectivity index (χ0n) is 16.2. The number of hydrogen-bond acceptors (Lipinski definition) is 7. The summed E-state index contributed by atoms with van der Waals surface area (Å²) in [4.78, 5) is 20.1. The van der Waals surface area contributed by atoms with Crippen molar-refractivity contribution in [2.45, 2.75) is 13.5 Å². The summed E-state index contributed by atoms with van der Waals surface area (Å²) in [6.07, 6.45) is -2.33. The van der Waals surface area contributed by atoms with E-state index in [9.17, 15) is 4.79 Å². The second-order valence-electron chi connectivity index (χ2n) is 4.73. The molecule has 0 aliphatic carbocycles. The van der Waals surface area contributed by atoms with Crippen molar-refractivity contribution in [2.75, 3.05) is 13.7 Å². The van der Waals surface area contributed by atoms with E-state index >= 15 is 0 Å². The fourth-order valence-corrected chi connectivity index (χ4v) is 2.38. The molecular weight excluding hydrogens is 486 g/mol. The minimum absolute atomic E-state index is 0. The van der Waals surface area contributed by atoms with Crippen LogP contribution in [-0.2, 0) is 11.3 Å². The number of ether oxygens (including phenoxy) is 3. The van der Waals surface area contributed by atoms with Gasteiger partial charge < -0.3 is 29.2 Å². The van der Waals surface area contributed by atoms with Crippen LogP contribution in [0.5, 0.6) is 11.5 Å². The van der Waals surface area contributed by atoms with E-state index in [0.717, 1.165) is 5.56 Å². The molecular formula is C18H17BrK2O7. The van der Waals surface area contributed by atoms with Crippen molar-refractivity contribution < 1.29 is 137 Å². The second-order valence-corrected chi connectivity index (χ2v) is 5.58. The van der Waals surface area contributed by atoms with Crippen molar-refractivity contribution >= 4 is 28.1 Å². The average Bonchev–Trinajstić information content (AvgIpc) is 2.61. The van der Waals surface area contributed by atoms with E-state index in [-0.39, 0.29) is 103 Å². The van der Waals surface area contributed by atoms with E-state index in [2.05, 4.69) is 15.9 Å². The third kappa shape index (κ3) is 11.6. The van der Waals surface area contributed by atoms with Crippen LogP contribution in [0.2, 0.25) is 0 Å². The molecule has 2 aromatic rings. The van der Waals surface area contributed by atoms with Gasteiger partial charge in [0.25, 0.3) is 0 Å². The number of halogens is 1. The molecule has 28 heavy (non-hydrogen) atoms. The van der Waals surface area contributed by atoms with E-state index in [4.69, 9.17) is 29.2 Å². The van der Waals surface area contributed by atoms with Gasteiger partial charge in [-0.1, -0.05) is 30.3 Å². The Bertz CT molecular complexity index is 738. The van der Waals surface area contributed by atoms with Crippen molar-refractivity contribution in [2.24, 2.45) is 0 Å². The largest absolute Gasteiger partial charge is 1.00 e. The number of hydrogen-bond donors (Lipinski definition) is 0. The van der Waals surface area contributed by atoms with Crippen molar-refractivity contribution in [1.82, 2.24) is 0 Å². The predicted molar refractivity (Wildman–Crippen MR) is 92.8 cm³/mol. The number of benzene rings is 2. The number of carboxylic acid groups (broad SMARTS) is 2. The van der Waals surface area contributed by atoms with Crippen molar-refractivity contribution in [3.05, 3.63) is 58.1 Å². The molecule has 0 spiro atoms. The number of rotatable bonds is 6. The summed E-state index contributed by atoms with van der Waals surface area (Å²) in [5, 5.41) is 16.7. The Hall–Kier alpha value is 0.533. The number of esters is 1. The molecule has 0 aliphatic heterocycles. The van der Waals surface area contributed by atoms with Gasteiger partial charge in [0.2, 0.25) is 0 Å². The molecule has 2 rings (SSSR count). The standard InChI is InChI=1S/C17H17BrO4.CH2O3.2K/c1-3-21-15-10-16(14(18)9-13(15)17(19)20-2)22-11-12-7-5-4-6-8-12;2-1(3)4;;/h4-10H,3,11H2,1-2H3;(H2,2,3,4);;/q;;2*+1/p-2. The van der Waals surface area contributed by atoms with E-state index in [1.807, 2.05) is 37.3 Å². The van der Waals surface area contributed by atoms with Gasteiger partial charge in [0, 0.05) is 6.07 Å². The fraction of sp³-hybridized carbons (Fsp3) is 0.222. The minimum atomic E-state index is -2.33. The number of carbonyl (C=O) groups is 2. The first-order valence-corrected chi connectivity index (χ1v) is 8.27. The molecule has 0 N–H and O–H groups in total. The Labute approximate surface area is 257 Å². The maximum absolute atomic E-state index is 11.8. The van der Waals surface area contributed by atoms with Gasteiger partial charge in [-0.15, -0.1) is 0 Å². The van der Waals surface area contributed by atoms with Crippen molar-refractivity contribution in [3.8, 4) is 11.5 Å². The van der Waals surface area contributed by atoms with Crippen LogP contribution in [0, 0.1) is 0 Å². The van der Waals surface area contributed by atoms with Crippen LogP contribution in [0.3, 0.4) is 0 Å². The Morgan fingerprint density at radius 1 is 1.00 bits per heavy atom. The average molecular weight is 503 g/mol. The Kier molecular flexibility index (Phi) is 18.9. The first-order chi connectivity index (χ1) is 12.4. The third-order valence-electron chi connectivity index (χ3n) is 2.98. The van der Waals surface area contributed by atoms with Gasteiger partial charge >= 0.3 is 109 Å². The molecule has 0 bridgehead atoms. The molecule has 0 unspecified atom stereocenters. The Morgan fingerprint density at radius 3 is 2.07 bits per heavy atom. The van der Waals surface area contributed by atoms with Crippen LogP contribution in [0.25, 0.3) is 0 Å². The predicted octanol–water partition coefficient (Wildman–Crippen LogP) is -4.23. The monoisotopic (exact) mass is 502 g/mol. The van der Waals surface area contributed by atoms with Gasteiger partial charge in [0.15, 0.2) is 0 Å². The Balaban J connectivity index is 0. The number of carbonyl (C=O) groups excluding carboxylic acids is 2. The maximum atomic E-state index is 11.8. The van der Waals surface area contributed by atoms with Crippen LogP contribution in [0.4, 0.5) is 4.79 Å². The van der Waals surface area contributed by atoms with Crippen molar-refractivity contribution in [1.29, 1.82) is 0 Å². The molecule has 7 nitrogen and oxygen atoms in total. The van der Waals surface area contributed by atoms with Crippen LogP contribution in [0.1, 0.15) is 22.8 Å². The maximum Gasteiger partial charge on any atom is 1.00 e. The summed E-state index contributed by atoms with van der Waals surface area (Å²) in [5.74, 6) is 0.610. The quantitative estimate of drug-likeness (QED) is 0.291. The zero-order chi connectivity index (χ0) is 19.5. The normalized spacial score (nSPS) is 8.82. The van der Waals surface area contributed by atoms with Gasteiger partial charge in [-0.2, -0.15) is 0 Å². The SMILES string of the molecule is CCOc1cc(OCc2ccccc2)c(Br)cc1C(=O)OC.O=C([O-])[O-].[K+].[K+]. The van der Waals surface area contributed by atoms with E-state index < -0.39 is 12.1 Å². The fourth-order valence-electron chi connectivity index (χ4n) is 1.93. The summed E-state index contributed by atoms with van der Waals surface area (Å²) < 4.78 is 16.7. The van der Waals surface area contributed by atoms with Crippen LogP contribution < -0.4 is 122 Å². The molecule has 140 valence electrons. The van der Waals surface area contributed by atoms with Gasteiger partial charge in [-0.05, 0) is 40.6 Å². The summed E-state index contributed by atoms with van der Waals surface area (Å²) in [6.45, 7) is 2.74. The molecule has 0 saturated carbocycles. The Morgan fingerprint density at radius 2 is 1.57 bits per heavy atom. The topological polar surface area (TPSA) is 108 Å². The molecule has 10 heteroatoms. The molecule has 0 radical (unpaired) electrons. The second kappa shape index (κ2) is 17.2. The molecule has 0 fully saturated rings. The molecule has 0 heterocycles. The van der Waals surface area contributed by atoms with Gasteiger partial charge in [0.05, 0.1) is 18.2 Å². The van der Waals surface area contributed by atoms with Gasteiger partial charge in [0.1, 0.15) is 23.7 Å². The van der Waals surface area contributed by atoms with E-state index in [1.54, 1.807) is 12.1 Å². The first kappa shape index (κ1) is 30.7. The molecule has 0 atom stereocenters. The number of methoxy groups -OCH3 is 1. The molecule has 2 aromatic carbocycles. The molecule has 0 amide bonds. The third-order valence-corrected chi connectivity index (χ3v) is 3.60. The van der Waals surface area contributed by atoms with E-state index in [0.29, 0.717) is 34.7 Å². The molecule has 0 saturated heterocycles. The van der Waals surface area contributed by atoms with Crippen LogP contribution in [-0.4, -0.2) is 25.8 Å². The van der Waals surface area contributed by atoms with E-state index in [1.165, 1.54) is 7.11 Å². The van der Waals surface area contributed by atoms with Gasteiger partial charge in [-0.3, -0.25) is 0 Å². The van der Waals surface area contributed by atoms with Crippen LogP contribution >= 0.6 is 15.9 Å². The zero-order valence-corrected chi connectivity index (χ0v) is 24.0. The summed E-state index contributed by atoms with van der Waals surface area (Å²) in [5.41, 5.74) is 1.42. The molecule has 0 aromatic heterocycles. The first-order valence-electron chi connectivity index (χ1n) is 7.48. The van der Waals surface area contributed by atoms with Crippen LogP contribution in [0.15, 0.2) is 46.9 Å². The summed E-state index contributed by atoms with van der Waals surface area (Å²) in [7, 11) is 1.34. The summed E-state index contributed by atoms with van der Waals surface area (Å²) >= 11 is 3.42. The summed E-state index contributed by atoms with van der Waals surface area (Å²) in [6, 6.07) is 13.2. The smallest absolute Gasteiger partial charge is 0.652 e. The molecule has 0 aliphatic rings. The minimum Gasteiger partial charge on any atom is -0.652 e. The van der Waals surface area contributed by atoms with Crippen molar-refractivity contribution in [3.63, 3.8) is 0 Å².